The Morgan fingerprint density at radius 1 is 0.925 bits per heavy atom. The lowest BCUT2D eigenvalue weighted by Crippen LogP contribution is -2.32. The van der Waals surface area contributed by atoms with E-state index in [9.17, 15) is 18.0 Å². The first-order valence-electron chi connectivity index (χ1n) is 12.0. The minimum absolute atomic E-state index is 0.0256. The normalized spacial score (nSPS) is 14.7. The Kier molecular flexibility index (Phi) is 8.15. The van der Waals surface area contributed by atoms with E-state index in [2.05, 4.69) is 15.9 Å². The maximum atomic E-state index is 13.0. The zero-order valence-electron chi connectivity index (χ0n) is 21.1. The number of carbonyl (C=O) groups excluding carboxylic acids is 2. The highest BCUT2D eigenvalue weighted by Crippen LogP contribution is 2.35. The average Bonchev–Trinajstić information content (AvgIpc) is 3.22. The van der Waals surface area contributed by atoms with Crippen molar-refractivity contribution in [2.24, 2.45) is 0 Å². The molecule has 0 saturated carbocycles. The van der Waals surface area contributed by atoms with Crippen LogP contribution in [0.25, 0.3) is 16.8 Å². The number of fused-ring (bicyclic) bond motifs is 1. The van der Waals surface area contributed by atoms with Crippen LogP contribution >= 0.6 is 27.7 Å². The van der Waals surface area contributed by atoms with Gasteiger partial charge < -0.3 is 13.7 Å². The Hall–Kier alpha value is -3.80. The molecule has 204 valence electrons. The molecule has 11 heteroatoms. The number of benzene rings is 4. The van der Waals surface area contributed by atoms with Crippen molar-refractivity contribution < 1.29 is 31.7 Å². The van der Waals surface area contributed by atoms with Gasteiger partial charge >= 0.3 is 10.1 Å². The second-order valence-corrected chi connectivity index (χ2v) is 12.0. The minimum Gasteiger partial charge on any atom is -0.497 e. The van der Waals surface area contributed by atoms with Crippen LogP contribution in [-0.4, -0.2) is 44.7 Å². The van der Waals surface area contributed by atoms with E-state index in [1.807, 2.05) is 42.5 Å². The Morgan fingerprint density at radius 2 is 1.68 bits per heavy atom. The molecule has 8 nitrogen and oxygen atoms in total. The number of imide groups is 1. The Balaban J connectivity index is 1.24. The zero-order valence-corrected chi connectivity index (χ0v) is 24.3. The number of hydrogen-bond donors (Lipinski definition) is 0. The molecular formula is C29H22BrNO7S2. The molecule has 1 fully saturated rings. The van der Waals surface area contributed by atoms with E-state index in [1.165, 1.54) is 37.4 Å². The largest absolute Gasteiger partial charge is 0.497 e. The van der Waals surface area contributed by atoms with Gasteiger partial charge in [0.25, 0.3) is 11.1 Å². The first-order chi connectivity index (χ1) is 19.2. The lowest BCUT2D eigenvalue weighted by molar-refractivity contribution is -0.123. The molecule has 1 heterocycles. The minimum atomic E-state index is -4.08. The van der Waals surface area contributed by atoms with E-state index in [0.717, 1.165) is 27.4 Å². The summed E-state index contributed by atoms with van der Waals surface area (Å²) in [7, 11) is -2.60. The molecule has 1 saturated heterocycles. The fraction of sp³-hybridized carbons (Fsp3) is 0.103. The molecule has 40 heavy (non-hydrogen) atoms. The fourth-order valence-electron chi connectivity index (χ4n) is 4.00. The van der Waals surface area contributed by atoms with Gasteiger partial charge in [0, 0.05) is 5.39 Å². The van der Waals surface area contributed by atoms with Crippen LogP contribution in [0.2, 0.25) is 0 Å². The second kappa shape index (κ2) is 11.7. The number of thioether (sulfide) groups is 1. The molecule has 5 rings (SSSR count). The summed E-state index contributed by atoms with van der Waals surface area (Å²) in [5, 5.41) is 1.60. The summed E-state index contributed by atoms with van der Waals surface area (Å²) in [6, 6.07) is 24.0. The van der Waals surface area contributed by atoms with Crippen LogP contribution < -0.4 is 13.7 Å². The quantitative estimate of drug-likeness (QED) is 0.151. The van der Waals surface area contributed by atoms with E-state index < -0.39 is 16.0 Å². The first kappa shape index (κ1) is 27.8. The molecule has 1 aliphatic heterocycles. The zero-order chi connectivity index (χ0) is 28.3. The number of nitrogens with zero attached hydrogens (tertiary/aromatic N) is 1. The second-order valence-electron chi connectivity index (χ2n) is 8.56. The maximum absolute atomic E-state index is 13.0. The van der Waals surface area contributed by atoms with Crippen LogP contribution in [0.15, 0.2) is 99.2 Å². The Bertz CT molecular complexity index is 1730. The van der Waals surface area contributed by atoms with Gasteiger partial charge in [-0.1, -0.05) is 42.5 Å². The monoisotopic (exact) mass is 639 g/mol. The van der Waals surface area contributed by atoms with Crippen molar-refractivity contribution in [1.29, 1.82) is 0 Å². The highest BCUT2D eigenvalue weighted by atomic mass is 79.9. The van der Waals surface area contributed by atoms with Gasteiger partial charge in [-0.3, -0.25) is 14.5 Å². The van der Waals surface area contributed by atoms with Crippen LogP contribution in [0.5, 0.6) is 17.2 Å². The van der Waals surface area contributed by atoms with Gasteiger partial charge in [0.2, 0.25) is 0 Å². The molecule has 4 aromatic carbocycles. The van der Waals surface area contributed by atoms with Gasteiger partial charge in [-0.2, -0.15) is 8.42 Å². The van der Waals surface area contributed by atoms with Crippen molar-refractivity contribution in [2.75, 3.05) is 20.3 Å². The molecule has 1 aliphatic rings. The van der Waals surface area contributed by atoms with Gasteiger partial charge in [-0.25, -0.2) is 0 Å². The molecule has 0 bridgehead atoms. The number of methoxy groups -OCH3 is 1. The van der Waals surface area contributed by atoms with Crippen molar-refractivity contribution >= 4 is 65.8 Å². The molecule has 0 atom stereocenters. The summed E-state index contributed by atoms with van der Waals surface area (Å²) in [5.74, 6) is 0.856. The standard InChI is InChI=1S/C29H22BrNO7S2/c1-36-21-10-12-22(13-11-21)40(34,35)38-26-14-9-19(17-24(26)30)18-27-28(32)31(29(33)39-27)15-16-37-25-8-4-6-20-5-2-3-7-23(20)25/h2-14,17-18H,15-16H2,1H3/b27-18-. The number of hydrogen-bond acceptors (Lipinski definition) is 8. The van der Waals surface area contributed by atoms with Crippen LogP contribution in [-0.2, 0) is 14.9 Å². The van der Waals surface area contributed by atoms with Gasteiger partial charge in [-0.15, -0.1) is 0 Å². The number of carbonyl (C=O) groups is 2. The van der Waals surface area contributed by atoms with Crippen LogP contribution in [0.4, 0.5) is 4.79 Å². The smallest absolute Gasteiger partial charge is 0.339 e. The molecule has 4 aromatic rings. The molecule has 0 spiro atoms. The third kappa shape index (κ3) is 6.01. The summed E-state index contributed by atoms with van der Waals surface area (Å²) in [4.78, 5) is 26.9. The Labute approximate surface area is 243 Å². The Morgan fingerprint density at radius 3 is 2.42 bits per heavy atom. The summed E-state index contributed by atoms with van der Waals surface area (Å²) < 4.78 is 42.0. The van der Waals surface area contributed by atoms with E-state index in [1.54, 1.807) is 18.2 Å². The highest BCUT2D eigenvalue weighted by Gasteiger charge is 2.35. The van der Waals surface area contributed by atoms with E-state index in [-0.39, 0.29) is 33.9 Å². The molecule has 0 N–H and O–H groups in total. The molecule has 2 amide bonds. The number of amides is 2. The van der Waals surface area contributed by atoms with Crippen molar-refractivity contribution in [3.05, 3.63) is 99.9 Å². The van der Waals surface area contributed by atoms with Crippen molar-refractivity contribution in [1.82, 2.24) is 4.90 Å². The predicted octanol–water partition coefficient (Wildman–Crippen LogP) is 6.49. The number of halogens is 1. The molecule has 0 aliphatic carbocycles. The van der Waals surface area contributed by atoms with E-state index in [0.29, 0.717) is 21.5 Å². The number of ether oxygens (including phenoxy) is 2. The average molecular weight is 641 g/mol. The third-order valence-corrected chi connectivity index (χ3v) is 8.77. The molecule has 0 aromatic heterocycles. The topological polar surface area (TPSA) is 99.2 Å². The first-order valence-corrected chi connectivity index (χ1v) is 15.0. The summed E-state index contributed by atoms with van der Waals surface area (Å²) >= 11 is 4.17. The lowest BCUT2D eigenvalue weighted by atomic mass is 10.1. The van der Waals surface area contributed by atoms with Crippen molar-refractivity contribution in [3.63, 3.8) is 0 Å². The van der Waals surface area contributed by atoms with E-state index >= 15 is 0 Å². The maximum Gasteiger partial charge on any atom is 0.339 e. The van der Waals surface area contributed by atoms with Crippen LogP contribution in [0.1, 0.15) is 5.56 Å². The molecule has 0 radical (unpaired) electrons. The van der Waals surface area contributed by atoms with Crippen LogP contribution in [0, 0.1) is 0 Å². The SMILES string of the molecule is COc1ccc(S(=O)(=O)Oc2ccc(/C=C3\SC(=O)N(CCOc4cccc5ccccc45)C3=O)cc2Br)cc1. The number of rotatable bonds is 9. The third-order valence-electron chi connectivity index (χ3n) is 6.00. The summed E-state index contributed by atoms with van der Waals surface area (Å²) in [5.41, 5.74) is 0.582. The summed E-state index contributed by atoms with van der Waals surface area (Å²) in [6.45, 7) is 0.254. The van der Waals surface area contributed by atoms with Gasteiger partial charge in [0.1, 0.15) is 23.0 Å². The highest BCUT2D eigenvalue weighted by molar-refractivity contribution is 9.10. The van der Waals surface area contributed by atoms with Gasteiger partial charge in [0.05, 0.1) is 23.0 Å². The molecule has 0 unspecified atom stereocenters. The van der Waals surface area contributed by atoms with Crippen molar-refractivity contribution in [2.45, 2.75) is 4.90 Å². The lowest BCUT2D eigenvalue weighted by Gasteiger charge is -2.14. The van der Waals surface area contributed by atoms with Gasteiger partial charge in [-0.05, 0) is 87.2 Å². The molecular weight excluding hydrogens is 618 g/mol. The summed E-state index contributed by atoms with van der Waals surface area (Å²) in [6.07, 6.45) is 1.57. The predicted molar refractivity (Wildman–Crippen MR) is 157 cm³/mol. The van der Waals surface area contributed by atoms with Gasteiger partial charge in [0.15, 0.2) is 5.75 Å². The fourth-order valence-corrected chi connectivity index (χ4v) is 6.39. The van der Waals surface area contributed by atoms with Crippen LogP contribution in [0.3, 0.4) is 0 Å². The van der Waals surface area contributed by atoms with E-state index in [4.69, 9.17) is 13.7 Å². The van der Waals surface area contributed by atoms with Crippen molar-refractivity contribution in [3.8, 4) is 17.2 Å².